The van der Waals surface area contributed by atoms with Gasteiger partial charge in [0.2, 0.25) is 0 Å². The molecule has 1 heterocycles. The molecule has 1 fully saturated rings. The van der Waals surface area contributed by atoms with Crippen LogP contribution in [0.5, 0.6) is 0 Å². The molecule has 1 aliphatic heterocycles. The molecule has 3 heteroatoms. The summed E-state index contributed by atoms with van der Waals surface area (Å²) in [6.07, 6.45) is 8.17. The van der Waals surface area contributed by atoms with Gasteiger partial charge in [-0.3, -0.25) is 0 Å². The SMILES string of the molecule is CC(C)=CCC(OC1CCCCO1)C(C)CCBr. The molecule has 3 atom stereocenters. The molecular weight excluding hydrogens is 292 g/mol. The van der Waals surface area contributed by atoms with Crippen molar-refractivity contribution in [3.8, 4) is 0 Å². The summed E-state index contributed by atoms with van der Waals surface area (Å²) in [5.74, 6) is 0.561. The Kier molecular flexibility index (Phi) is 8.20. The largest absolute Gasteiger partial charge is 0.353 e. The summed E-state index contributed by atoms with van der Waals surface area (Å²) in [5.41, 5.74) is 1.36. The van der Waals surface area contributed by atoms with Gasteiger partial charge in [0, 0.05) is 11.9 Å². The predicted molar refractivity (Wildman–Crippen MR) is 80.1 cm³/mol. The van der Waals surface area contributed by atoms with Crippen LogP contribution in [-0.2, 0) is 9.47 Å². The maximum absolute atomic E-state index is 6.17. The van der Waals surface area contributed by atoms with E-state index in [-0.39, 0.29) is 12.4 Å². The Labute approximate surface area is 120 Å². The number of halogens is 1. The molecule has 0 aliphatic carbocycles. The van der Waals surface area contributed by atoms with Crippen LogP contribution in [0.1, 0.15) is 52.9 Å². The zero-order chi connectivity index (χ0) is 13.4. The number of ether oxygens (including phenoxy) is 2. The zero-order valence-corrected chi connectivity index (χ0v) is 13.5. The van der Waals surface area contributed by atoms with Gasteiger partial charge in [-0.15, -0.1) is 0 Å². The number of alkyl halides is 1. The van der Waals surface area contributed by atoms with E-state index in [1.165, 1.54) is 18.4 Å². The van der Waals surface area contributed by atoms with Gasteiger partial charge in [-0.05, 0) is 51.9 Å². The fourth-order valence-corrected chi connectivity index (χ4v) is 2.87. The summed E-state index contributed by atoms with van der Waals surface area (Å²) < 4.78 is 11.9. The Morgan fingerprint density at radius 3 is 2.78 bits per heavy atom. The molecule has 1 saturated heterocycles. The van der Waals surface area contributed by atoms with E-state index in [9.17, 15) is 0 Å². The minimum atomic E-state index is 0.0205. The highest BCUT2D eigenvalue weighted by molar-refractivity contribution is 9.09. The molecule has 0 amide bonds. The van der Waals surface area contributed by atoms with Crippen molar-refractivity contribution < 1.29 is 9.47 Å². The molecule has 0 aromatic carbocycles. The smallest absolute Gasteiger partial charge is 0.157 e. The van der Waals surface area contributed by atoms with Crippen LogP contribution < -0.4 is 0 Å². The standard InChI is InChI=1S/C15H27BrO2/c1-12(2)7-8-14(13(3)9-10-16)18-15-6-4-5-11-17-15/h7,13-15H,4-6,8-11H2,1-3H3. The van der Waals surface area contributed by atoms with E-state index in [0.717, 1.165) is 31.2 Å². The Bertz CT molecular complexity index is 243. The van der Waals surface area contributed by atoms with Gasteiger partial charge in [0.15, 0.2) is 6.29 Å². The van der Waals surface area contributed by atoms with E-state index in [0.29, 0.717) is 5.92 Å². The van der Waals surface area contributed by atoms with Gasteiger partial charge in [-0.2, -0.15) is 0 Å². The van der Waals surface area contributed by atoms with Crippen LogP contribution in [0, 0.1) is 5.92 Å². The fraction of sp³-hybridized carbons (Fsp3) is 0.867. The molecule has 106 valence electrons. The van der Waals surface area contributed by atoms with Gasteiger partial charge in [-0.1, -0.05) is 34.5 Å². The van der Waals surface area contributed by atoms with Crippen molar-refractivity contribution in [1.82, 2.24) is 0 Å². The van der Waals surface area contributed by atoms with Gasteiger partial charge >= 0.3 is 0 Å². The Balaban J connectivity index is 2.49. The molecule has 18 heavy (non-hydrogen) atoms. The van der Waals surface area contributed by atoms with Gasteiger partial charge in [0.25, 0.3) is 0 Å². The second-order valence-corrected chi connectivity index (χ2v) is 6.24. The monoisotopic (exact) mass is 318 g/mol. The second-order valence-electron chi connectivity index (χ2n) is 5.44. The Hall–Kier alpha value is 0.140. The first-order valence-corrected chi connectivity index (χ1v) is 8.22. The highest BCUT2D eigenvalue weighted by atomic mass is 79.9. The summed E-state index contributed by atoms with van der Waals surface area (Å²) in [4.78, 5) is 0. The molecule has 0 N–H and O–H groups in total. The molecule has 2 nitrogen and oxygen atoms in total. The normalized spacial score (nSPS) is 23.4. The zero-order valence-electron chi connectivity index (χ0n) is 12.0. The van der Waals surface area contributed by atoms with Crippen molar-refractivity contribution in [2.24, 2.45) is 5.92 Å². The van der Waals surface area contributed by atoms with Crippen molar-refractivity contribution in [3.63, 3.8) is 0 Å². The molecular formula is C15H27BrO2. The van der Waals surface area contributed by atoms with Crippen LogP contribution in [0.2, 0.25) is 0 Å². The molecule has 0 spiro atoms. The number of rotatable bonds is 7. The lowest BCUT2D eigenvalue weighted by Gasteiger charge is -2.30. The molecule has 0 bridgehead atoms. The third-order valence-electron chi connectivity index (χ3n) is 3.42. The van der Waals surface area contributed by atoms with Gasteiger partial charge in [0.1, 0.15) is 0 Å². The number of hydrogen-bond acceptors (Lipinski definition) is 2. The number of allylic oxidation sites excluding steroid dienone is 1. The van der Waals surface area contributed by atoms with Crippen LogP contribution in [0.3, 0.4) is 0 Å². The minimum absolute atomic E-state index is 0.0205. The molecule has 3 unspecified atom stereocenters. The fourth-order valence-electron chi connectivity index (χ4n) is 2.15. The lowest BCUT2D eigenvalue weighted by Crippen LogP contribution is -2.31. The molecule has 1 aliphatic rings. The van der Waals surface area contributed by atoms with Crippen LogP contribution in [0.4, 0.5) is 0 Å². The molecule has 0 saturated carbocycles. The van der Waals surface area contributed by atoms with Gasteiger partial charge in [0.05, 0.1) is 6.10 Å². The third-order valence-corrected chi connectivity index (χ3v) is 3.88. The van der Waals surface area contributed by atoms with Gasteiger partial charge < -0.3 is 9.47 Å². The summed E-state index contributed by atoms with van der Waals surface area (Å²) >= 11 is 3.52. The molecule has 0 radical (unpaired) electrons. The second kappa shape index (κ2) is 9.11. The lowest BCUT2D eigenvalue weighted by molar-refractivity contribution is -0.196. The lowest BCUT2D eigenvalue weighted by atomic mass is 9.98. The first-order valence-electron chi connectivity index (χ1n) is 7.10. The summed E-state index contributed by atoms with van der Waals surface area (Å²) in [6, 6.07) is 0. The average molecular weight is 319 g/mol. The summed E-state index contributed by atoms with van der Waals surface area (Å²) in [5, 5.41) is 1.04. The topological polar surface area (TPSA) is 18.5 Å². The average Bonchev–Trinajstić information content (AvgIpc) is 2.35. The van der Waals surface area contributed by atoms with E-state index in [2.05, 4.69) is 42.8 Å². The summed E-state index contributed by atoms with van der Waals surface area (Å²) in [6.45, 7) is 7.41. The highest BCUT2D eigenvalue weighted by Crippen LogP contribution is 2.23. The minimum Gasteiger partial charge on any atom is -0.353 e. The predicted octanol–water partition coefficient (Wildman–Crippen LogP) is 4.68. The van der Waals surface area contributed by atoms with E-state index in [1.807, 2.05) is 0 Å². The van der Waals surface area contributed by atoms with E-state index >= 15 is 0 Å². The van der Waals surface area contributed by atoms with Crippen molar-refractivity contribution in [1.29, 1.82) is 0 Å². The molecule has 1 rings (SSSR count). The van der Waals surface area contributed by atoms with Crippen molar-refractivity contribution in [2.45, 2.75) is 65.3 Å². The quantitative estimate of drug-likeness (QED) is 0.501. The maximum Gasteiger partial charge on any atom is 0.157 e. The Morgan fingerprint density at radius 1 is 1.44 bits per heavy atom. The van der Waals surface area contributed by atoms with Gasteiger partial charge in [-0.25, -0.2) is 0 Å². The first kappa shape index (κ1) is 16.2. The number of hydrogen-bond donors (Lipinski definition) is 0. The van der Waals surface area contributed by atoms with Crippen LogP contribution in [-0.4, -0.2) is 24.3 Å². The highest BCUT2D eigenvalue weighted by Gasteiger charge is 2.23. The first-order chi connectivity index (χ1) is 8.63. The van der Waals surface area contributed by atoms with Crippen LogP contribution >= 0.6 is 15.9 Å². The van der Waals surface area contributed by atoms with Crippen molar-refractivity contribution in [3.05, 3.63) is 11.6 Å². The van der Waals surface area contributed by atoms with Crippen molar-refractivity contribution in [2.75, 3.05) is 11.9 Å². The maximum atomic E-state index is 6.17. The van der Waals surface area contributed by atoms with E-state index in [4.69, 9.17) is 9.47 Å². The van der Waals surface area contributed by atoms with Crippen molar-refractivity contribution >= 4 is 15.9 Å². The van der Waals surface area contributed by atoms with Crippen LogP contribution in [0.25, 0.3) is 0 Å². The molecule has 0 aromatic heterocycles. The van der Waals surface area contributed by atoms with Crippen LogP contribution in [0.15, 0.2) is 11.6 Å². The third kappa shape index (κ3) is 6.35. The Morgan fingerprint density at radius 2 is 2.22 bits per heavy atom. The molecule has 0 aromatic rings. The summed E-state index contributed by atoms with van der Waals surface area (Å²) in [7, 11) is 0. The van der Waals surface area contributed by atoms with E-state index < -0.39 is 0 Å². The van der Waals surface area contributed by atoms with E-state index in [1.54, 1.807) is 0 Å².